The molecule has 1 atom stereocenters. The second kappa shape index (κ2) is 4.89. The van der Waals surface area contributed by atoms with Gasteiger partial charge in [-0.15, -0.1) is 5.10 Å². The molecule has 14 heavy (non-hydrogen) atoms. The van der Waals surface area contributed by atoms with Crippen LogP contribution in [-0.4, -0.2) is 27.7 Å². The molecule has 0 aliphatic carbocycles. The highest BCUT2D eigenvalue weighted by molar-refractivity contribution is 9.08. The number of rotatable bonds is 4. The lowest BCUT2D eigenvalue weighted by atomic mass is 10.2. The Bertz CT molecular complexity index is 283. The topological polar surface area (TPSA) is 39.9 Å². The molecule has 78 valence electrons. The fourth-order valence-electron chi connectivity index (χ4n) is 1.66. The van der Waals surface area contributed by atoms with E-state index in [1.54, 1.807) is 0 Å². The normalized spacial score (nSPS) is 21.6. The highest BCUT2D eigenvalue weighted by Crippen LogP contribution is 2.15. The van der Waals surface area contributed by atoms with E-state index >= 15 is 0 Å². The summed E-state index contributed by atoms with van der Waals surface area (Å²) in [5.41, 5.74) is 0.984. The van der Waals surface area contributed by atoms with Crippen LogP contribution in [0.1, 0.15) is 25.0 Å². The lowest BCUT2D eigenvalue weighted by Crippen LogP contribution is -2.10. The average molecular weight is 260 g/mol. The Labute approximate surface area is 91.8 Å². The summed E-state index contributed by atoms with van der Waals surface area (Å²) in [6.07, 6.45) is 5.86. The van der Waals surface area contributed by atoms with Crippen molar-refractivity contribution in [3.63, 3.8) is 0 Å². The molecule has 1 aromatic heterocycles. The van der Waals surface area contributed by atoms with Crippen LogP contribution < -0.4 is 0 Å². The van der Waals surface area contributed by atoms with Gasteiger partial charge in [-0.2, -0.15) is 0 Å². The van der Waals surface area contributed by atoms with Crippen LogP contribution in [-0.2, 0) is 16.6 Å². The number of ether oxygens (including phenoxy) is 1. The quantitative estimate of drug-likeness (QED) is 0.774. The standard InChI is InChI=1S/C9H14BrN3O/c10-6-8-7-13(12-11-8)4-3-9-2-1-5-14-9/h7,9H,1-6H2. The third-order valence-electron chi connectivity index (χ3n) is 2.43. The lowest BCUT2D eigenvalue weighted by Gasteiger charge is -2.07. The maximum absolute atomic E-state index is 5.54. The largest absolute Gasteiger partial charge is 0.378 e. The lowest BCUT2D eigenvalue weighted by molar-refractivity contribution is 0.0993. The van der Waals surface area contributed by atoms with E-state index in [2.05, 4.69) is 26.2 Å². The van der Waals surface area contributed by atoms with E-state index in [0.29, 0.717) is 6.10 Å². The number of aromatic nitrogens is 3. The molecule has 0 spiro atoms. The molecule has 0 radical (unpaired) electrons. The molecule has 0 bridgehead atoms. The van der Waals surface area contributed by atoms with E-state index in [4.69, 9.17) is 4.74 Å². The van der Waals surface area contributed by atoms with Crippen molar-refractivity contribution in [2.24, 2.45) is 0 Å². The first-order valence-electron chi connectivity index (χ1n) is 4.95. The van der Waals surface area contributed by atoms with E-state index in [1.807, 2.05) is 10.9 Å². The Morgan fingerprint density at radius 2 is 2.57 bits per heavy atom. The van der Waals surface area contributed by atoms with Gasteiger partial charge in [-0.05, 0) is 19.3 Å². The van der Waals surface area contributed by atoms with Gasteiger partial charge in [0.15, 0.2) is 0 Å². The van der Waals surface area contributed by atoms with Gasteiger partial charge < -0.3 is 4.74 Å². The van der Waals surface area contributed by atoms with Gasteiger partial charge in [-0.1, -0.05) is 21.1 Å². The van der Waals surface area contributed by atoms with Crippen LogP contribution in [0.3, 0.4) is 0 Å². The van der Waals surface area contributed by atoms with Gasteiger partial charge >= 0.3 is 0 Å². The van der Waals surface area contributed by atoms with Gasteiger partial charge in [0.2, 0.25) is 0 Å². The average Bonchev–Trinajstić information content (AvgIpc) is 2.86. The molecular formula is C9H14BrN3O. The first-order valence-corrected chi connectivity index (χ1v) is 6.07. The molecular weight excluding hydrogens is 246 g/mol. The summed E-state index contributed by atoms with van der Waals surface area (Å²) in [4.78, 5) is 0. The fourth-order valence-corrected chi connectivity index (χ4v) is 1.91. The van der Waals surface area contributed by atoms with Gasteiger partial charge in [0.05, 0.1) is 11.8 Å². The van der Waals surface area contributed by atoms with Crippen LogP contribution in [0, 0.1) is 0 Å². The molecule has 0 N–H and O–H groups in total. The van der Waals surface area contributed by atoms with Crippen molar-refractivity contribution in [2.45, 2.75) is 37.2 Å². The Morgan fingerprint density at radius 1 is 1.64 bits per heavy atom. The van der Waals surface area contributed by atoms with Gasteiger partial charge in [0, 0.05) is 24.7 Å². The first-order chi connectivity index (χ1) is 6.88. The highest BCUT2D eigenvalue weighted by atomic mass is 79.9. The van der Waals surface area contributed by atoms with Crippen molar-refractivity contribution < 1.29 is 4.74 Å². The van der Waals surface area contributed by atoms with Crippen LogP contribution in [0.4, 0.5) is 0 Å². The van der Waals surface area contributed by atoms with Gasteiger partial charge in [-0.25, -0.2) is 0 Å². The van der Waals surface area contributed by atoms with Crippen molar-refractivity contribution in [1.82, 2.24) is 15.0 Å². The minimum atomic E-state index is 0.437. The minimum absolute atomic E-state index is 0.437. The van der Waals surface area contributed by atoms with E-state index in [-0.39, 0.29) is 0 Å². The maximum Gasteiger partial charge on any atom is 0.0932 e. The molecule has 0 aromatic carbocycles. The molecule has 2 heterocycles. The smallest absolute Gasteiger partial charge is 0.0932 e. The summed E-state index contributed by atoms with van der Waals surface area (Å²) in [5, 5.41) is 8.81. The van der Waals surface area contributed by atoms with Crippen molar-refractivity contribution in [2.75, 3.05) is 6.61 Å². The predicted molar refractivity (Wildman–Crippen MR) is 56.2 cm³/mol. The molecule has 1 aliphatic rings. The van der Waals surface area contributed by atoms with Crippen molar-refractivity contribution in [3.8, 4) is 0 Å². The molecule has 2 rings (SSSR count). The second-order valence-corrected chi connectivity index (χ2v) is 4.09. The van der Waals surface area contributed by atoms with Gasteiger partial charge in [-0.3, -0.25) is 4.68 Å². The molecule has 1 unspecified atom stereocenters. The predicted octanol–water partition coefficient (Wildman–Crippen LogP) is 1.74. The number of hydrogen-bond acceptors (Lipinski definition) is 3. The molecule has 0 amide bonds. The molecule has 1 aromatic rings. The first kappa shape index (κ1) is 10.1. The van der Waals surface area contributed by atoms with E-state index in [9.17, 15) is 0 Å². The molecule has 5 heteroatoms. The monoisotopic (exact) mass is 259 g/mol. The Morgan fingerprint density at radius 3 is 3.21 bits per heavy atom. The molecule has 1 fully saturated rings. The van der Waals surface area contributed by atoms with Crippen LogP contribution in [0.15, 0.2) is 6.20 Å². The summed E-state index contributed by atoms with van der Waals surface area (Å²) >= 11 is 3.35. The minimum Gasteiger partial charge on any atom is -0.378 e. The van der Waals surface area contributed by atoms with Crippen molar-refractivity contribution >= 4 is 15.9 Å². The van der Waals surface area contributed by atoms with Crippen LogP contribution in [0.25, 0.3) is 0 Å². The summed E-state index contributed by atoms with van der Waals surface area (Å²) in [5.74, 6) is 0. The van der Waals surface area contributed by atoms with E-state index in [1.165, 1.54) is 12.8 Å². The fraction of sp³-hybridized carbons (Fsp3) is 0.778. The highest BCUT2D eigenvalue weighted by Gasteiger charge is 2.15. The number of alkyl halides is 1. The summed E-state index contributed by atoms with van der Waals surface area (Å²) in [7, 11) is 0. The number of aryl methyl sites for hydroxylation is 1. The third kappa shape index (κ3) is 2.54. The van der Waals surface area contributed by atoms with Crippen LogP contribution in [0.2, 0.25) is 0 Å². The Kier molecular flexibility index (Phi) is 3.53. The van der Waals surface area contributed by atoms with Crippen molar-refractivity contribution in [1.29, 1.82) is 0 Å². The number of hydrogen-bond donors (Lipinski definition) is 0. The molecule has 1 aliphatic heterocycles. The maximum atomic E-state index is 5.54. The Hall–Kier alpha value is -0.420. The SMILES string of the molecule is BrCc1cn(CCC2CCCO2)nn1. The summed E-state index contributed by atoms with van der Waals surface area (Å²) in [6.45, 7) is 1.83. The van der Waals surface area contributed by atoms with Gasteiger partial charge in [0.25, 0.3) is 0 Å². The molecule has 0 saturated carbocycles. The molecule has 4 nitrogen and oxygen atoms in total. The zero-order valence-electron chi connectivity index (χ0n) is 8.03. The zero-order valence-corrected chi connectivity index (χ0v) is 9.61. The summed E-state index contributed by atoms with van der Waals surface area (Å²) in [6, 6.07) is 0. The number of nitrogens with zero attached hydrogens (tertiary/aromatic N) is 3. The second-order valence-electron chi connectivity index (χ2n) is 3.53. The van der Waals surface area contributed by atoms with E-state index < -0.39 is 0 Å². The van der Waals surface area contributed by atoms with Gasteiger partial charge in [0.1, 0.15) is 0 Å². The van der Waals surface area contributed by atoms with Crippen LogP contribution >= 0.6 is 15.9 Å². The number of halogens is 1. The van der Waals surface area contributed by atoms with Crippen molar-refractivity contribution in [3.05, 3.63) is 11.9 Å². The third-order valence-corrected chi connectivity index (χ3v) is 3.00. The Balaban J connectivity index is 1.79. The van der Waals surface area contributed by atoms with E-state index in [0.717, 1.165) is 30.6 Å². The molecule has 1 saturated heterocycles. The summed E-state index contributed by atoms with van der Waals surface area (Å²) < 4.78 is 7.42. The van der Waals surface area contributed by atoms with Crippen LogP contribution in [0.5, 0.6) is 0 Å². The zero-order chi connectivity index (χ0) is 9.80.